The van der Waals surface area contributed by atoms with Gasteiger partial charge in [-0.15, -0.1) is 0 Å². The van der Waals surface area contributed by atoms with E-state index in [9.17, 15) is 19.2 Å². The third-order valence-corrected chi connectivity index (χ3v) is 4.72. The van der Waals surface area contributed by atoms with E-state index in [1.54, 1.807) is 4.90 Å². The van der Waals surface area contributed by atoms with Crippen molar-refractivity contribution in [3.8, 4) is 0 Å². The molecule has 2 aromatic heterocycles. The SMILES string of the molecule is Cn1c(=O)c2c(n(C)c1=O)n(CC(=O)N1CCCCC1)c(=O)n2C. The van der Waals surface area contributed by atoms with E-state index >= 15 is 0 Å². The predicted octanol–water partition coefficient (Wildman–Crippen LogP) is -1.25. The zero-order chi connectivity index (χ0) is 17.6. The molecule has 0 aliphatic carbocycles. The molecular weight excluding hydrogens is 314 g/mol. The topological polar surface area (TPSA) is 91.2 Å². The first-order valence-corrected chi connectivity index (χ1v) is 7.97. The standard InChI is InChI=1S/C15H21N5O4/c1-16-11-12(17(2)14(23)18(3)13(11)22)20(15(16)24)9-10(21)19-7-5-4-6-8-19/h4-9H2,1-3H3. The Hall–Kier alpha value is -2.58. The molecule has 0 aromatic carbocycles. The van der Waals surface area contributed by atoms with E-state index < -0.39 is 16.9 Å². The summed E-state index contributed by atoms with van der Waals surface area (Å²) in [7, 11) is 4.33. The zero-order valence-electron chi connectivity index (χ0n) is 14.1. The fourth-order valence-corrected chi connectivity index (χ4v) is 3.31. The van der Waals surface area contributed by atoms with Gasteiger partial charge in [0.25, 0.3) is 5.56 Å². The summed E-state index contributed by atoms with van der Waals surface area (Å²) in [5, 5.41) is 0. The number of aromatic nitrogens is 4. The highest BCUT2D eigenvalue weighted by Crippen LogP contribution is 2.11. The second-order valence-electron chi connectivity index (χ2n) is 6.25. The van der Waals surface area contributed by atoms with Gasteiger partial charge in [0.2, 0.25) is 5.91 Å². The number of carbonyl (C=O) groups is 1. The van der Waals surface area contributed by atoms with Crippen molar-refractivity contribution < 1.29 is 4.79 Å². The van der Waals surface area contributed by atoms with Crippen LogP contribution >= 0.6 is 0 Å². The lowest BCUT2D eigenvalue weighted by Gasteiger charge is -2.26. The normalized spacial score (nSPS) is 15.2. The Bertz CT molecular complexity index is 984. The van der Waals surface area contributed by atoms with Crippen molar-refractivity contribution in [1.29, 1.82) is 0 Å². The predicted molar refractivity (Wildman–Crippen MR) is 88.1 cm³/mol. The number of carbonyl (C=O) groups excluding carboxylic acids is 1. The van der Waals surface area contributed by atoms with Crippen LogP contribution in [-0.2, 0) is 32.5 Å². The van der Waals surface area contributed by atoms with Gasteiger partial charge >= 0.3 is 11.4 Å². The summed E-state index contributed by atoms with van der Waals surface area (Å²) in [6.45, 7) is 1.19. The molecule has 0 unspecified atom stereocenters. The summed E-state index contributed by atoms with van der Waals surface area (Å²) in [5.74, 6) is -0.169. The number of aryl methyl sites for hydroxylation is 2. The number of hydrogen-bond acceptors (Lipinski definition) is 4. The Balaban J connectivity index is 2.17. The molecule has 0 spiro atoms. The van der Waals surface area contributed by atoms with E-state index in [0.29, 0.717) is 13.1 Å². The van der Waals surface area contributed by atoms with E-state index in [4.69, 9.17) is 0 Å². The van der Waals surface area contributed by atoms with E-state index in [2.05, 4.69) is 0 Å². The van der Waals surface area contributed by atoms with Gasteiger partial charge in [0, 0.05) is 34.2 Å². The fourth-order valence-electron chi connectivity index (χ4n) is 3.31. The number of hydrogen-bond donors (Lipinski definition) is 0. The lowest BCUT2D eigenvalue weighted by Crippen LogP contribution is -2.40. The van der Waals surface area contributed by atoms with E-state index in [-0.39, 0.29) is 23.6 Å². The van der Waals surface area contributed by atoms with Crippen molar-refractivity contribution in [2.24, 2.45) is 21.1 Å². The van der Waals surface area contributed by atoms with Gasteiger partial charge in [-0.25, -0.2) is 9.59 Å². The van der Waals surface area contributed by atoms with E-state index in [0.717, 1.165) is 23.8 Å². The molecule has 1 aliphatic rings. The van der Waals surface area contributed by atoms with Gasteiger partial charge in [0.15, 0.2) is 11.2 Å². The van der Waals surface area contributed by atoms with E-state index in [1.807, 2.05) is 0 Å². The molecular formula is C15H21N5O4. The number of nitrogens with zero attached hydrogens (tertiary/aromatic N) is 5. The van der Waals surface area contributed by atoms with Gasteiger partial charge in [-0.1, -0.05) is 0 Å². The number of likely N-dealkylation sites (tertiary alicyclic amines) is 1. The Labute approximate surface area is 137 Å². The minimum atomic E-state index is -0.545. The first-order chi connectivity index (χ1) is 11.3. The average molecular weight is 335 g/mol. The van der Waals surface area contributed by atoms with Crippen LogP contribution in [0.25, 0.3) is 11.2 Å². The van der Waals surface area contributed by atoms with Crippen LogP contribution in [0, 0.1) is 0 Å². The minimum Gasteiger partial charge on any atom is -0.341 e. The molecule has 1 amide bonds. The van der Waals surface area contributed by atoms with Crippen molar-refractivity contribution in [2.45, 2.75) is 25.8 Å². The second kappa shape index (κ2) is 5.81. The molecule has 1 fully saturated rings. The summed E-state index contributed by atoms with van der Waals surface area (Å²) >= 11 is 0. The number of imidazole rings is 1. The largest absolute Gasteiger partial charge is 0.341 e. The Morgan fingerprint density at radius 2 is 1.50 bits per heavy atom. The summed E-state index contributed by atoms with van der Waals surface area (Å²) in [6.07, 6.45) is 3.01. The highest BCUT2D eigenvalue weighted by Gasteiger charge is 2.23. The maximum atomic E-state index is 12.5. The van der Waals surface area contributed by atoms with Crippen molar-refractivity contribution in [3.63, 3.8) is 0 Å². The van der Waals surface area contributed by atoms with Crippen LogP contribution in [0.5, 0.6) is 0 Å². The molecule has 0 radical (unpaired) electrons. The molecule has 0 saturated carbocycles. The highest BCUT2D eigenvalue weighted by atomic mass is 16.2. The quantitative estimate of drug-likeness (QED) is 0.686. The molecule has 9 heteroatoms. The van der Waals surface area contributed by atoms with Gasteiger partial charge in [-0.05, 0) is 19.3 Å². The summed E-state index contributed by atoms with van der Waals surface area (Å²) in [6, 6.07) is 0. The van der Waals surface area contributed by atoms with Crippen LogP contribution < -0.4 is 16.9 Å². The van der Waals surface area contributed by atoms with Crippen LogP contribution in [0.3, 0.4) is 0 Å². The third-order valence-electron chi connectivity index (χ3n) is 4.72. The first-order valence-electron chi connectivity index (χ1n) is 7.97. The summed E-state index contributed by atoms with van der Waals surface area (Å²) < 4.78 is 4.61. The molecule has 0 atom stereocenters. The number of piperidine rings is 1. The molecule has 3 heterocycles. The molecule has 24 heavy (non-hydrogen) atoms. The maximum absolute atomic E-state index is 12.5. The summed E-state index contributed by atoms with van der Waals surface area (Å²) in [5.41, 5.74) is -1.25. The zero-order valence-corrected chi connectivity index (χ0v) is 14.1. The Morgan fingerprint density at radius 1 is 0.875 bits per heavy atom. The fraction of sp³-hybridized carbons (Fsp3) is 0.600. The Morgan fingerprint density at radius 3 is 2.12 bits per heavy atom. The second-order valence-corrected chi connectivity index (χ2v) is 6.25. The monoisotopic (exact) mass is 335 g/mol. The minimum absolute atomic E-state index is 0.121. The summed E-state index contributed by atoms with van der Waals surface area (Å²) in [4.78, 5) is 51.3. The molecule has 1 saturated heterocycles. The molecule has 0 bridgehead atoms. The van der Waals surface area contributed by atoms with Crippen LogP contribution in [-0.4, -0.2) is 42.2 Å². The van der Waals surface area contributed by atoms with Crippen LogP contribution in [0.1, 0.15) is 19.3 Å². The molecule has 3 rings (SSSR count). The van der Waals surface area contributed by atoms with Gasteiger partial charge < -0.3 is 4.90 Å². The van der Waals surface area contributed by atoms with Crippen molar-refractivity contribution >= 4 is 17.1 Å². The van der Waals surface area contributed by atoms with E-state index in [1.165, 1.54) is 34.8 Å². The maximum Gasteiger partial charge on any atom is 0.332 e. The van der Waals surface area contributed by atoms with Crippen LogP contribution in [0.4, 0.5) is 0 Å². The highest BCUT2D eigenvalue weighted by molar-refractivity contribution is 5.79. The van der Waals surface area contributed by atoms with Crippen molar-refractivity contribution in [1.82, 2.24) is 23.2 Å². The Kier molecular flexibility index (Phi) is 3.94. The average Bonchev–Trinajstić information content (AvgIpc) is 2.84. The molecule has 9 nitrogen and oxygen atoms in total. The third kappa shape index (κ3) is 2.31. The smallest absolute Gasteiger partial charge is 0.332 e. The van der Waals surface area contributed by atoms with Crippen LogP contribution in [0.15, 0.2) is 14.4 Å². The lowest BCUT2D eigenvalue weighted by molar-refractivity contribution is -0.132. The number of fused-ring (bicyclic) bond motifs is 1. The molecule has 0 N–H and O–H groups in total. The molecule has 130 valence electrons. The van der Waals surface area contributed by atoms with Gasteiger partial charge in [0.05, 0.1) is 0 Å². The number of rotatable bonds is 2. The van der Waals surface area contributed by atoms with Gasteiger partial charge in [-0.3, -0.25) is 27.9 Å². The van der Waals surface area contributed by atoms with Crippen molar-refractivity contribution in [2.75, 3.05) is 13.1 Å². The van der Waals surface area contributed by atoms with Gasteiger partial charge in [0.1, 0.15) is 6.54 Å². The number of amides is 1. The van der Waals surface area contributed by atoms with Gasteiger partial charge in [-0.2, -0.15) is 0 Å². The molecule has 2 aromatic rings. The molecule has 1 aliphatic heterocycles. The van der Waals surface area contributed by atoms with Crippen molar-refractivity contribution in [3.05, 3.63) is 31.3 Å². The lowest BCUT2D eigenvalue weighted by atomic mass is 10.1. The first kappa shape index (κ1) is 16.3. The van der Waals surface area contributed by atoms with Crippen LogP contribution in [0.2, 0.25) is 0 Å².